The molecule has 0 aliphatic carbocycles. The first-order chi connectivity index (χ1) is 9.22. The Balaban J connectivity index is 2.30. The Morgan fingerprint density at radius 1 is 1.11 bits per heavy atom. The van der Waals surface area contributed by atoms with Crippen LogP contribution in [0.2, 0.25) is 0 Å². The normalized spacial score (nSPS) is 11.9. The summed E-state index contributed by atoms with van der Waals surface area (Å²) in [6, 6.07) is 17.9. The summed E-state index contributed by atoms with van der Waals surface area (Å²) in [7, 11) is 1.44. The van der Waals surface area contributed by atoms with Crippen molar-refractivity contribution in [3.8, 4) is 0 Å². The molecule has 2 rings (SSSR count). The summed E-state index contributed by atoms with van der Waals surface area (Å²) < 4.78 is 6.11. The summed E-state index contributed by atoms with van der Waals surface area (Å²) in [6.07, 6.45) is 0.662. The van der Waals surface area contributed by atoms with Gasteiger partial charge in [0.05, 0.1) is 13.0 Å². The Labute approximate surface area is 126 Å². The van der Waals surface area contributed by atoms with E-state index < -0.39 is 0 Å². The molecule has 0 aromatic heterocycles. The Kier molecular flexibility index (Phi) is 4.96. The first kappa shape index (κ1) is 14.1. The summed E-state index contributed by atoms with van der Waals surface area (Å²) >= 11 is 2.30. The molecular weight excluding hydrogens is 351 g/mol. The lowest BCUT2D eigenvalue weighted by Crippen LogP contribution is -2.17. The third kappa shape index (κ3) is 3.56. The molecule has 2 aromatic carbocycles. The largest absolute Gasteiger partial charge is 0.469 e. The molecule has 1 atom stereocenters. The lowest BCUT2D eigenvalue weighted by molar-refractivity contribution is -0.142. The van der Waals surface area contributed by atoms with Crippen LogP contribution in [0.15, 0.2) is 54.6 Å². The smallest absolute Gasteiger partial charge is 0.313 e. The van der Waals surface area contributed by atoms with Crippen LogP contribution in [0.5, 0.6) is 0 Å². The molecule has 0 saturated carbocycles. The van der Waals surface area contributed by atoms with Gasteiger partial charge in [0.1, 0.15) is 0 Å². The van der Waals surface area contributed by atoms with Crippen LogP contribution in [-0.4, -0.2) is 13.1 Å². The number of hydrogen-bond acceptors (Lipinski definition) is 2. The molecule has 3 heteroatoms. The number of benzene rings is 2. The van der Waals surface area contributed by atoms with Gasteiger partial charge in [0.15, 0.2) is 0 Å². The zero-order chi connectivity index (χ0) is 13.7. The molecular formula is C16H15IO2. The van der Waals surface area contributed by atoms with Gasteiger partial charge in [0.25, 0.3) is 0 Å². The topological polar surface area (TPSA) is 26.3 Å². The molecule has 0 spiro atoms. The summed E-state index contributed by atoms with van der Waals surface area (Å²) in [6.45, 7) is 0. The van der Waals surface area contributed by atoms with Gasteiger partial charge in [-0.1, -0.05) is 48.5 Å². The van der Waals surface area contributed by atoms with Crippen molar-refractivity contribution in [2.75, 3.05) is 7.11 Å². The summed E-state index contributed by atoms with van der Waals surface area (Å²) in [5.41, 5.74) is 2.16. The molecule has 0 saturated heterocycles. The fourth-order valence-electron chi connectivity index (χ4n) is 2.05. The number of esters is 1. The van der Waals surface area contributed by atoms with E-state index in [1.807, 2.05) is 42.5 Å². The Hall–Kier alpha value is -1.36. The van der Waals surface area contributed by atoms with Crippen LogP contribution < -0.4 is 0 Å². The highest BCUT2D eigenvalue weighted by molar-refractivity contribution is 14.1. The van der Waals surface area contributed by atoms with E-state index in [0.717, 1.165) is 5.56 Å². The van der Waals surface area contributed by atoms with Crippen LogP contribution in [-0.2, 0) is 16.0 Å². The predicted molar refractivity (Wildman–Crippen MR) is 84.1 cm³/mol. The zero-order valence-electron chi connectivity index (χ0n) is 10.7. The van der Waals surface area contributed by atoms with Crippen molar-refractivity contribution in [3.05, 3.63) is 69.3 Å². The van der Waals surface area contributed by atoms with E-state index in [9.17, 15) is 4.79 Å². The number of carbonyl (C=O) groups excluding carboxylic acids is 1. The summed E-state index contributed by atoms with van der Waals surface area (Å²) in [5, 5.41) is 0. The van der Waals surface area contributed by atoms with Gasteiger partial charge in [-0.2, -0.15) is 0 Å². The average molecular weight is 366 g/mol. The van der Waals surface area contributed by atoms with Crippen molar-refractivity contribution in [1.29, 1.82) is 0 Å². The van der Waals surface area contributed by atoms with Gasteiger partial charge in [0, 0.05) is 3.57 Å². The standard InChI is InChI=1S/C16H15IO2/c1-19-16(18)14(12-7-3-2-4-8-12)11-13-9-5-6-10-15(13)17/h2-10,14H,11H2,1H3. The fraction of sp³-hybridized carbons (Fsp3) is 0.188. The Bertz CT molecular complexity index is 552. The third-order valence-corrected chi connectivity index (χ3v) is 4.12. The first-order valence-electron chi connectivity index (χ1n) is 6.08. The minimum Gasteiger partial charge on any atom is -0.469 e. The van der Waals surface area contributed by atoms with Crippen LogP contribution in [0.4, 0.5) is 0 Å². The van der Waals surface area contributed by atoms with Crippen molar-refractivity contribution in [2.24, 2.45) is 0 Å². The number of halogens is 1. The SMILES string of the molecule is COC(=O)C(Cc1ccccc1I)c1ccccc1. The molecule has 0 heterocycles. The highest BCUT2D eigenvalue weighted by Crippen LogP contribution is 2.24. The van der Waals surface area contributed by atoms with Crippen molar-refractivity contribution in [3.63, 3.8) is 0 Å². The highest BCUT2D eigenvalue weighted by atomic mass is 127. The van der Waals surface area contributed by atoms with Crippen LogP contribution in [0.3, 0.4) is 0 Å². The molecule has 0 fully saturated rings. The second-order valence-corrected chi connectivity index (χ2v) is 5.44. The van der Waals surface area contributed by atoms with E-state index in [1.54, 1.807) is 0 Å². The molecule has 19 heavy (non-hydrogen) atoms. The number of methoxy groups -OCH3 is 1. The molecule has 1 unspecified atom stereocenters. The van der Waals surface area contributed by atoms with Crippen molar-refractivity contribution in [1.82, 2.24) is 0 Å². The van der Waals surface area contributed by atoms with E-state index in [4.69, 9.17) is 4.74 Å². The van der Waals surface area contributed by atoms with Gasteiger partial charge in [-0.15, -0.1) is 0 Å². The summed E-state index contributed by atoms with van der Waals surface area (Å²) in [4.78, 5) is 12.0. The number of ether oxygens (including phenoxy) is 1. The molecule has 2 nitrogen and oxygen atoms in total. The number of hydrogen-bond donors (Lipinski definition) is 0. The molecule has 0 N–H and O–H groups in total. The first-order valence-corrected chi connectivity index (χ1v) is 7.16. The second kappa shape index (κ2) is 6.70. The van der Waals surface area contributed by atoms with E-state index in [2.05, 4.69) is 34.7 Å². The number of carbonyl (C=O) groups is 1. The minimum atomic E-state index is -0.248. The van der Waals surface area contributed by atoms with Crippen LogP contribution in [0, 0.1) is 3.57 Å². The van der Waals surface area contributed by atoms with Gasteiger partial charge in [-0.3, -0.25) is 4.79 Å². The highest BCUT2D eigenvalue weighted by Gasteiger charge is 2.22. The molecule has 0 amide bonds. The lowest BCUT2D eigenvalue weighted by Gasteiger charge is -2.16. The maximum Gasteiger partial charge on any atom is 0.313 e. The maximum atomic E-state index is 12.0. The van der Waals surface area contributed by atoms with E-state index in [0.29, 0.717) is 6.42 Å². The van der Waals surface area contributed by atoms with Crippen LogP contribution >= 0.6 is 22.6 Å². The van der Waals surface area contributed by atoms with Gasteiger partial charge in [-0.25, -0.2) is 0 Å². The minimum absolute atomic E-state index is 0.189. The van der Waals surface area contributed by atoms with Crippen molar-refractivity contribution in [2.45, 2.75) is 12.3 Å². The van der Waals surface area contributed by atoms with Crippen LogP contribution in [0.1, 0.15) is 17.0 Å². The van der Waals surface area contributed by atoms with Gasteiger partial charge >= 0.3 is 5.97 Å². The third-order valence-electron chi connectivity index (χ3n) is 3.07. The van der Waals surface area contributed by atoms with Crippen molar-refractivity contribution >= 4 is 28.6 Å². The Morgan fingerprint density at radius 3 is 2.37 bits per heavy atom. The van der Waals surface area contributed by atoms with Gasteiger partial charge in [0.2, 0.25) is 0 Å². The molecule has 0 radical (unpaired) electrons. The van der Waals surface area contributed by atoms with Crippen molar-refractivity contribution < 1.29 is 9.53 Å². The number of rotatable bonds is 4. The van der Waals surface area contributed by atoms with E-state index in [-0.39, 0.29) is 11.9 Å². The molecule has 0 aliphatic heterocycles. The monoisotopic (exact) mass is 366 g/mol. The Morgan fingerprint density at radius 2 is 1.74 bits per heavy atom. The van der Waals surface area contributed by atoms with Gasteiger partial charge < -0.3 is 4.74 Å². The van der Waals surface area contributed by atoms with E-state index in [1.165, 1.54) is 16.2 Å². The average Bonchev–Trinajstić information content (AvgIpc) is 2.46. The second-order valence-electron chi connectivity index (χ2n) is 4.28. The summed E-state index contributed by atoms with van der Waals surface area (Å²) in [5.74, 6) is -0.437. The predicted octanol–water partition coefficient (Wildman–Crippen LogP) is 3.79. The molecule has 0 bridgehead atoms. The quantitative estimate of drug-likeness (QED) is 0.608. The fourth-order valence-corrected chi connectivity index (χ4v) is 2.66. The van der Waals surface area contributed by atoms with E-state index >= 15 is 0 Å². The molecule has 2 aromatic rings. The molecule has 0 aliphatic rings. The van der Waals surface area contributed by atoms with Crippen LogP contribution in [0.25, 0.3) is 0 Å². The molecule has 98 valence electrons. The lowest BCUT2D eigenvalue weighted by atomic mass is 9.92. The van der Waals surface area contributed by atoms with Gasteiger partial charge in [-0.05, 0) is 46.2 Å². The maximum absolute atomic E-state index is 12.0. The zero-order valence-corrected chi connectivity index (χ0v) is 12.8.